The van der Waals surface area contributed by atoms with Gasteiger partial charge in [0.05, 0.1) is 23.0 Å². The molecule has 0 atom stereocenters. The lowest BCUT2D eigenvalue weighted by atomic mass is 9.94. The minimum atomic E-state index is -0.490. The van der Waals surface area contributed by atoms with Gasteiger partial charge < -0.3 is 19.0 Å². The van der Waals surface area contributed by atoms with Crippen LogP contribution in [0.4, 0.5) is 0 Å². The van der Waals surface area contributed by atoms with E-state index in [2.05, 4.69) is 47.7 Å². The number of piperidine rings is 2. The molecular weight excluding hydrogens is 978 g/mol. The highest BCUT2D eigenvalue weighted by atomic mass is 79.9. The van der Waals surface area contributed by atoms with Crippen LogP contribution in [0.25, 0.3) is 22.6 Å². The summed E-state index contributed by atoms with van der Waals surface area (Å²) in [6.07, 6.45) is 2.99. The third-order valence-electron chi connectivity index (χ3n) is 11.9. The topological polar surface area (TPSA) is 170 Å². The summed E-state index contributed by atoms with van der Waals surface area (Å²) in [5.74, 6) is -0.156. The molecule has 1 aromatic heterocycles. The fraction of sp³-hybridized carbons (Fsp3) is 0.434. The average molecular weight is 1040 g/mol. The molecule has 0 amide bonds. The number of ether oxygens (including phenoxy) is 2. The Balaban J connectivity index is 0.000000221. The smallest absolute Gasteiger partial charge is 0.309 e. The first-order chi connectivity index (χ1) is 31.6. The van der Waals surface area contributed by atoms with Gasteiger partial charge in [-0.2, -0.15) is 10.5 Å². The van der Waals surface area contributed by atoms with Crippen molar-refractivity contribution in [2.75, 3.05) is 26.2 Å². The largest absolute Gasteiger partial charge is 0.506 e. The van der Waals surface area contributed by atoms with E-state index in [0.29, 0.717) is 59.6 Å². The number of halogens is 2. The number of Topliss-reactive ketones (excluding diaryl/α,β-unsaturated/α-hetero) is 1. The van der Waals surface area contributed by atoms with E-state index in [1.165, 1.54) is 0 Å². The molecule has 14 heteroatoms. The zero-order valence-corrected chi connectivity index (χ0v) is 42.8. The van der Waals surface area contributed by atoms with Crippen LogP contribution >= 0.6 is 31.9 Å². The monoisotopic (exact) mass is 1040 g/mol. The molecule has 4 aromatic carbocycles. The Morgan fingerprint density at radius 3 is 1.76 bits per heavy atom. The highest BCUT2D eigenvalue weighted by Gasteiger charge is 2.31. The van der Waals surface area contributed by atoms with Gasteiger partial charge in [-0.1, -0.05) is 56.1 Å². The van der Waals surface area contributed by atoms with Crippen molar-refractivity contribution >= 4 is 60.7 Å². The van der Waals surface area contributed by atoms with Crippen LogP contribution < -0.4 is 0 Å². The van der Waals surface area contributed by atoms with Gasteiger partial charge in [0, 0.05) is 45.1 Å². The number of aromatic nitrogens is 1. The number of likely N-dealkylation sites (tertiary alicyclic amines) is 2. The second-order valence-corrected chi connectivity index (χ2v) is 21.2. The third kappa shape index (κ3) is 13.4. The molecule has 0 bridgehead atoms. The molecule has 5 aromatic rings. The molecule has 352 valence electrons. The minimum Gasteiger partial charge on any atom is -0.506 e. The average Bonchev–Trinajstić information content (AvgIpc) is 3.70. The summed E-state index contributed by atoms with van der Waals surface area (Å²) < 4.78 is 18.9. The Morgan fingerprint density at radius 1 is 0.746 bits per heavy atom. The summed E-state index contributed by atoms with van der Waals surface area (Å²) in [6, 6.07) is 23.0. The van der Waals surface area contributed by atoms with E-state index in [1.807, 2.05) is 104 Å². The third-order valence-corrected chi connectivity index (χ3v) is 13.6. The van der Waals surface area contributed by atoms with Gasteiger partial charge in [-0.15, -0.1) is 0 Å². The van der Waals surface area contributed by atoms with E-state index in [-0.39, 0.29) is 47.3 Å². The van der Waals surface area contributed by atoms with Gasteiger partial charge >= 0.3 is 11.9 Å². The number of oxazole rings is 1. The van der Waals surface area contributed by atoms with Crippen molar-refractivity contribution in [3.8, 4) is 29.3 Å². The van der Waals surface area contributed by atoms with Crippen LogP contribution in [-0.2, 0) is 38.6 Å². The second-order valence-electron chi connectivity index (χ2n) is 19.5. The van der Waals surface area contributed by atoms with E-state index in [1.54, 1.807) is 18.2 Å². The molecule has 12 nitrogen and oxygen atoms in total. The van der Waals surface area contributed by atoms with E-state index in [9.17, 15) is 30.0 Å². The standard InChI is InChI=1S/C27H31BrN2O4.C26H28BrN3O3/c1-17-22(6-5-7-23(17)28)24(31)14-20-12-18(13-21(15-29)25(20)32)16-30-10-8-19(9-11-30)26(33)34-27(2,3)4;1-16-20(6-5-7-21(16)27)24-29-22-13-17(12-19(14-28)23(22)32-24)15-30-10-8-18(9-11-30)25(31)33-26(2,3)4/h5-7,12-13,19,32H,8-11,14,16H2,1-4H3;5-7,12-13,18H,8-11,15H2,1-4H3. The molecule has 0 aliphatic carbocycles. The van der Waals surface area contributed by atoms with E-state index >= 15 is 0 Å². The number of fused-ring (bicyclic) bond motifs is 1. The number of carbonyl (C=O) groups is 3. The summed E-state index contributed by atoms with van der Waals surface area (Å²) in [4.78, 5) is 46.9. The minimum absolute atomic E-state index is 0.00631. The number of rotatable bonds is 10. The molecule has 3 heterocycles. The predicted molar refractivity (Wildman–Crippen MR) is 264 cm³/mol. The molecule has 1 N–H and O–H groups in total. The summed E-state index contributed by atoms with van der Waals surface area (Å²) in [7, 11) is 0. The first-order valence-electron chi connectivity index (χ1n) is 22.7. The summed E-state index contributed by atoms with van der Waals surface area (Å²) in [5.41, 5.74) is 6.58. The zero-order valence-electron chi connectivity index (χ0n) is 39.6. The Hall–Kier alpha value is -5.38. The van der Waals surface area contributed by atoms with E-state index in [4.69, 9.17) is 18.9 Å². The molecule has 67 heavy (non-hydrogen) atoms. The lowest BCUT2D eigenvalue weighted by Crippen LogP contribution is -2.38. The molecule has 2 fully saturated rings. The van der Waals surface area contributed by atoms with Gasteiger partial charge in [-0.3, -0.25) is 24.2 Å². The highest BCUT2D eigenvalue weighted by Crippen LogP contribution is 2.34. The van der Waals surface area contributed by atoms with Crippen molar-refractivity contribution in [2.24, 2.45) is 11.8 Å². The number of aromatic hydroxyl groups is 1. The van der Waals surface area contributed by atoms with Crippen molar-refractivity contribution in [3.63, 3.8) is 0 Å². The van der Waals surface area contributed by atoms with Gasteiger partial charge in [0.25, 0.3) is 0 Å². The number of esters is 2. The van der Waals surface area contributed by atoms with Crippen LogP contribution in [0.2, 0.25) is 0 Å². The number of benzene rings is 4. The van der Waals surface area contributed by atoms with Gasteiger partial charge in [0.1, 0.15) is 34.6 Å². The number of carbonyl (C=O) groups excluding carboxylic acids is 3. The Kier molecular flexibility index (Phi) is 16.5. The van der Waals surface area contributed by atoms with Gasteiger partial charge in [0.15, 0.2) is 11.4 Å². The van der Waals surface area contributed by atoms with Crippen molar-refractivity contribution in [3.05, 3.63) is 114 Å². The van der Waals surface area contributed by atoms with Crippen molar-refractivity contribution in [2.45, 2.75) is 112 Å². The number of phenolic OH excluding ortho intramolecular Hbond substituents is 1. The Bertz CT molecular complexity index is 2720. The molecule has 0 saturated carbocycles. The summed E-state index contributed by atoms with van der Waals surface area (Å²) in [5, 5.41) is 29.8. The molecule has 2 aliphatic heterocycles. The normalized spacial score (nSPS) is 15.3. The van der Waals surface area contributed by atoms with E-state index < -0.39 is 11.2 Å². The number of nitriles is 2. The molecule has 7 rings (SSSR count). The van der Waals surface area contributed by atoms with Crippen molar-refractivity contribution < 1.29 is 33.4 Å². The second kappa shape index (κ2) is 21.7. The van der Waals surface area contributed by atoms with Crippen LogP contribution in [0.3, 0.4) is 0 Å². The van der Waals surface area contributed by atoms with E-state index in [0.717, 1.165) is 75.8 Å². The fourth-order valence-electron chi connectivity index (χ4n) is 8.41. The quantitative estimate of drug-likeness (QED) is 0.104. The molecule has 0 unspecified atom stereocenters. The van der Waals surface area contributed by atoms with Crippen LogP contribution in [0.1, 0.15) is 117 Å². The summed E-state index contributed by atoms with van der Waals surface area (Å²) >= 11 is 7.01. The number of phenols is 1. The molecule has 0 spiro atoms. The maximum atomic E-state index is 13.0. The Morgan fingerprint density at radius 2 is 1.24 bits per heavy atom. The van der Waals surface area contributed by atoms with Gasteiger partial charge in [-0.05, 0) is 166 Å². The predicted octanol–water partition coefficient (Wildman–Crippen LogP) is 11.3. The number of nitrogens with zero attached hydrogens (tertiary/aromatic N) is 5. The van der Waals surface area contributed by atoms with Crippen LogP contribution in [0.5, 0.6) is 5.75 Å². The number of hydrogen-bond donors (Lipinski definition) is 1. The highest BCUT2D eigenvalue weighted by molar-refractivity contribution is 9.10. The Labute approximate surface area is 410 Å². The number of ketones is 1. The van der Waals surface area contributed by atoms with Crippen molar-refractivity contribution in [1.29, 1.82) is 10.5 Å². The molecule has 0 radical (unpaired) electrons. The maximum Gasteiger partial charge on any atom is 0.309 e. The van der Waals surface area contributed by atoms with Gasteiger partial charge in [0.2, 0.25) is 5.89 Å². The first-order valence-corrected chi connectivity index (χ1v) is 24.2. The fourth-order valence-corrected chi connectivity index (χ4v) is 9.14. The molecule has 2 aliphatic rings. The lowest BCUT2D eigenvalue weighted by Gasteiger charge is -2.32. The maximum absolute atomic E-state index is 13.0. The molecular formula is C53H59Br2N5O7. The first kappa shape index (κ1) is 51.0. The van der Waals surface area contributed by atoms with Crippen LogP contribution in [0.15, 0.2) is 74.0 Å². The lowest BCUT2D eigenvalue weighted by molar-refractivity contribution is -0.162. The van der Waals surface area contributed by atoms with Crippen LogP contribution in [0, 0.1) is 48.3 Å². The van der Waals surface area contributed by atoms with Crippen LogP contribution in [-0.4, -0.2) is 75.0 Å². The zero-order chi connectivity index (χ0) is 48.8. The van der Waals surface area contributed by atoms with Gasteiger partial charge in [-0.25, -0.2) is 4.98 Å². The SMILES string of the molecule is Cc1c(Br)cccc1-c1nc2cc(CN3CCC(C(=O)OC(C)(C)C)CC3)cc(C#N)c2o1.Cc1c(Br)cccc1C(=O)Cc1cc(CN2CCC(C(=O)OC(C)(C)C)CC2)cc(C#N)c1O. The summed E-state index contributed by atoms with van der Waals surface area (Å²) in [6.45, 7) is 19.6. The van der Waals surface area contributed by atoms with Crippen molar-refractivity contribution in [1.82, 2.24) is 14.8 Å². The number of hydrogen-bond acceptors (Lipinski definition) is 12. The molecule has 2 saturated heterocycles.